The summed E-state index contributed by atoms with van der Waals surface area (Å²) in [4.78, 5) is 11.1. The van der Waals surface area contributed by atoms with Crippen molar-refractivity contribution in [1.82, 2.24) is 0 Å². The van der Waals surface area contributed by atoms with E-state index in [0.717, 1.165) is 19.1 Å². The van der Waals surface area contributed by atoms with Crippen LogP contribution in [0.5, 0.6) is 0 Å². The third-order valence-electron chi connectivity index (χ3n) is 4.05. The second-order valence-corrected chi connectivity index (χ2v) is 6.38. The smallest absolute Gasteiger partial charge is 0.124 e. The van der Waals surface area contributed by atoms with Crippen LogP contribution in [0.25, 0.3) is 0 Å². The second kappa shape index (κ2) is 5.17. The maximum atomic E-state index is 11.1. The van der Waals surface area contributed by atoms with Crippen molar-refractivity contribution < 1.29 is 4.79 Å². The first kappa shape index (κ1) is 13.8. The van der Waals surface area contributed by atoms with E-state index in [9.17, 15) is 4.79 Å². The van der Waals surface area contributed by atoms with Crippen LogP contribution in [0.2, 0.25) is 0 Å². The van der Waals surface area contributed by atoms with Crippen molar-refractivity contribution in [3.8, 4) is 6.07 Å². The van der Waals surface area contributed by atoms with Gasteiger partial charge in [0.05, 0.1) is 6.07 Å². The Morgan fingerprint density at radius 1 is 1.42 bits per heavy atom. The third-order valence-corrected chi connectivity index (χ3v) is 4.05. The fourth-order valence-corrected chi connectivity index (χ4v) is 3.23. The van der Waals surface area contributed by atoms with E-state index in [1.54, 1.807) is 0 Å². The summed E-state index contributed by atoms with van der Waals surface area (Å²) in [5, 5.41) is 8.98. The molecule has 1 aromatic rings. The zero-order valence-electron chi connectivity index (χ0n) is 12.0. The molecule has 2 rings (SSSR count). The van der Waals surface area contributed by atoms with Gasteiger partial charge in [-0.15, -0.1) is 0 Å². The Hall–Kier alpha value is -1.62. The number of aldehydes is 1. The normalized spacial score (nSPS) is 17.9. The van der Waals surface area contributed by atoms with Crippen LogP contribution < -0.4 is 0 Å². The first-order chi connectivity index (χ1) is 8.99. The van der Waals surface area contributed by atoms with Gasteiger partial charge in [0.2, 0.25) is 0 Å². The van der Waals surface area contributed by atoms with Crippen LogP contribution in [0, 0.1) is 11.3 Å². The highest BCUT2D eigenvalue weighted by Gasteiger charge is 2.29. The number of benzene rings is 1. The van der Waals surface area contributed by atoms with Crippen LogP contribution in [-0.2, 0) is 23.1 Å². The maximum absolute atomic E-state index is 11.1. The number of carbonyl (C=O) groups is 1. The number of nitrogens with zero attached hydrogens (tertiary/aromatic N) is 1. The summed E-state index contributed by atoms with van der Waals surface area (Å²) < 4.78 is 0. The highest BCUT2D eigenvalue weighted by Crippen LogP contribution is 2.41. The minimum Gasteiger partial charge on any atom is -0.303 e. The zero-order valence-corrected chi connectivity index (χ0v) is 12.0. The summed E-state index contributed by atoms with van der Waals surface area (Å²) in [6, 6.07) is 6.66. The van der Waals surface area contributed by atoms with Crippen LogP contribution in [-0.4, -0.2) is 6.29 Å². The monoisotopic (exact) mass is 255 g/mol. The van der Waals surface area contributed by atoms with E-state index < -0.39 is 0 Å². The molecule has 0 aromatic heterocycles. The minimum atomic E-state index is 0.0349. The average molecular weight is 255 g/mol. The van der Waals surface area contributed by atoms with E-state index in [2.05, 4.69) is 39.0 Å². The molecule has 1 unspecified atom stereocenters. The Balaban J connectivity index is 2.60. The molecular weight excluding hydrogens is 234 g/mol. The molecule has 0 bridgehead atoms. The highest BCUT2D eigenvalue weighted by atomic mass is 16.1. The van der Waals surface area contributed by atoms with Gasteiger partial charge < -0.3 is 4.79 Å². The molecule has 0 amide bonds. The van der Waals surface area contributed by atoms with Gasteiger partial charge in [-0.25, -0.2) is 0 Å². The largest absolute Gasteiger partial charge is 0.303 e. The van der Waals surface area contributed by atoms with Crippen molar-refractivity contribution in [2.24, 2.45) is 0 Å². The molecule has 1 aliphatic rings. The summed E-state index contributed by atoms with van der Waals surface area (Å²) in [6.45, 7) is 6.53. The van der Waals surface area contributed by atoms with Gasteiger partial charge in [0.15, 0.2) is 0 Å². The lowest BCUT2D eigenvalue weighted by Gasteiger charge is -2.26. The van der Waals surface area contributed by atoms with Crippen LogP contribution in [0.4, 0.5) is 0 Å². The van der Waals surface area contributed by atoms with Crippen molar-refractivity contribution in [3.63, 3.8) is 0 Å². The molecule has 1 aromatic carbocycles. The van der Waals surface area contributed by atoms with E-state index in [1.807, 2.05) is 0 Å². The summed E-state index contributed by atoms with van der Waals surface area (Å²) in [5.41, 5.74) is 5.10. The van der Waals surface area contributed by atoms with E-state index >= 15 is 0 Å². The fourth-order valence-electron chi connectivity index (χ4n) is 3.23. The first-order valence-corrected chi connectivity index (χ1v) is 6.94. The lowest BCUT2D eigenvalue weighted by atomic mass is 9.79. The van der Waals surface area contributed by atoms with E-state index in [0.29, 0.717) is 18.8 Å². The number of hydrogen-bond acceptors (Lipinski definition) is 2. The van der Waals surface area contributed by atoms with E-state index in [4.69, 9.17) is 5.26 Å². The lowest BCUT2D eigenvalue weighted by Crippen LogP contribution is -2.17. The molecule has 1 aliphatic carbocycles. The van der Waals surface area contributed by atoms with Gasteiger partial charge in [0, 0.05) is 12.8 Å². The summed E-state index contributed by atoms with van der Waals surface area (Å²) in [6.07, 6.45) is 4.11. The highest BCUT2D eigenvalue weighted by molar-refractivity contribution is 5.61. The van der Waals surface area contributed by atoms with Gasteiger partial charge in [-0.2, -0.15) is 5.26 Å². The number of aryl methyl sites for hydroxylation is 1. The number of nitriles is 1. The Labute approximate surface area is 115 Å². The number of rotatable bonds is 3. The Kier molecular flexibility index (Phi) is 3.75. The lowest BCUT2D eigenvalue weighted by molar-refractivity contribution is -0.107. The van der Waals surface area contributed by atoms with Crippen molar-refractivity contribution in [2.75, 3.05) is 0 Å². The summed E-state index contributed by atoms with van der Waals surface area (Å²) >= 11 is 0. The molecule has 0 saturated carbocycles. The second-order valence-electron chi connectivity index (χ2n) is 6.38. The SMILES string of the molecule is CC(C)(C)c1ccc2c(c1CC=O)C(CC#N)CC2. The molecule has 2 heteroatoms. The molecule has 0 spiro atoms. The number of carbonyl (C=O) groups excluding carboxylic acids is 1. The predicted octanol–water partition coefficient (Wildman–Crippen LogP) is 3.67. The summed E-state index contributed by atoms with van der Waals surface area (Å²) in [5.74, 6) is 0.317. The van der Waals surface area contributed by atoms with Crippen molar-refractivity contribution in [1.29, 1.82) is 5.26 Å². The van der Waals surface area contributed by atoms with Gasteiger partial charge in [-0.3, -0.25) is 0 Å². The van der Waals surface area contributed by atoms with Gasteiger partial charge in [-0.05, 0) is 46.4 Å². The Morgan fingerprint density at radius 3 is 2.74 bits per heavy atom. The average Bonchev–Trinajstić information content (AvgIpc) is 2.73. The molecule has 19 heavy (non-hydrogen) atoms. The molecule has 0 heterocycles. The van der Waals surface area contributed by atoms with Crippen LogP contribution in [0.15, 0.2) is 12.1 Å². The molecule has 0 saturated heterocycles. The molecule has 0 N–H and O–H groups in total. The van der Waals surface area contributed by atoms with Gasteiger partial charge in [-0.1, -0.05) is 32.9 Å². The van der Waals surface area contributed by atoms with Gasteiger partial charge in [0.25, 0.3) is 0 Å². The predicted molar refractivity (Wildman–Crippen MR) is 76.2 cm³/mol. The maximum Gasteiger partial charge on any atom is 0.124 e. The van der Waals surface area contributed by atoms with Crippen LogP contribution in [0.1, 0.15) is 61.8 Å². The molecule has 0 fully saturated rings. The van der Waals surface area contributed by atoms with Crippen LogP contribution >= 0.6 is 0 Å². The standard InChI is InChI=1S/C17H21NO/c1-17(2,3)15-7-6-12-4-5-13(8-10-18)16(12)14(15)9-11-19/h6-7,11,13H,4-5,8-9H2,1-3H3. The van der Waals surface area contributed by atoms with E-state index in [1.165, 1.54) is 22.3 Å². The van der Waals surface area contributed by atoms with Crippen molar-refractivity contribution >= 4 is 6.29 Å². The van der Waals surface area contributed by atoms with E-state index in [-0.39, 0.29) is 5.41 Å². The van der Waals surface area contributed by atoms with Crippen LogP contribution in [0.3, 0.4) is 0 Å². The minimum absolute atomic E-state index is 0.0349. The Bertz CT molecular complexity index is 531. The molecule has 100 valence electrons. The molecule has 0 aliphatic heterocycles. The molecule has 1 atom stereocenters. The molecule has 0 radical (unpaired) electrons. The topological polar surface area (TPSA) is 40.9 Å². The third kappa shape index (κ3) is 2.56. The fraction of sp³-hybridized carbons (Fsp3) is 0.529. The quantitative estimate of drug-likeness (QED) is 0.773. The summed E-state index contributed by atoms with van der Waals surface area (Å²) in [7, 11) is 0. The molecular formula is C17H21NO. The number of hydrogen-bond donors (Lipinski definition) is 0. The van der Waals surface area contributed by atoms with Crippen molar-refractivity contribution in [2.45, 2.75) is 57.8 Å². The van der Waals surface area contributed by atoms with Crippen molar-refractivity contribution in [3.05, 3.63) is 34.4 Å². The first-order valence-electron chi connectivity index (χ1n) is 6.94. The zero-order chi connectivity index (χ0) is 14.0. The Morgan fingerprint density at radius 2 is 2.16 bits per heavy atom. The number of fused-ring (bicyclic) bond motifs is 1. The van der Waals surface area contributed by atoms with Gasteiger partial charge in [0.1, 0.15) is 6.29 Å². The van der Waals surface area contributed by atoms with Gasteiger partial charge >= 0.3 is 0 Å². The molecule has 2 nitrogen and oxygen atoms in total.